The number of rotatable bonds is 4. The lowest BCUT2D eigenvalue weighted by atomic mass is 10.2. The first-order chi connectivity index (χ1) is 7.35. The Morgan fingerprint density at radius 2 is 2.12 bits per heavy atom. The van der Waals surface area contributed by atoms with E-state index in [1.54, 1.807) is 11.9 Å². The number of nitrogens with zero attached hydrogens (tertiary/aromatic N) is 1. The van der Waals surface area contributed by atoms with Gasteiger partial charge in [0.1, 0.15) is 0 Å². The second kappa shape index (κ2) is 5.11. The summed E-state index contributed by atoms with van der Waals surface area (Å²) in [6.45, 7) is 0.379. The summed E-state index contributed by atoms with van der Waals surface area (Å²) in [6, 6.07) is -0.422. The molecule has 0 aromatic heterocycles. The van der Waals surface area contributed by atoms with Crippen LogP contribution in [0.25, 0.3) is 0 Å². The van der Waals surface area contributed by atoms with Crippen LogP contribution in [0.5, 0.6) is 0 Å². The average molecular weight is 251 g/mol. The van der Waals surface area contributed by atoms with E-state index in [1.165, 1.54) is 7.11 Å². The summed E-state index contributed by atoms with van der Waals surface area (Å²) >= 11 is 0. The van der Waals surface area contributed by atoms with E-state index in [1.807, 2.05) is 0 Å². The third kappa shape index (κ3) is 3.43. The number of carbonyl (C=O) groups excluding carboxylic acids is 1. The standard InChI is InChI=1S/C9H17NO5S/c1-10(4-3-9(12)15-2)7-5-16(13,14)6-8(7)11/h7-8,11H,3-6H2,1-2H3. The van der Waals surface area contributed by atoms with E-state index in [0.717, 1.165) is 0 Å². The molecule has 1 aliphatic rings. The van der Waals surface area contributed by atoms with Crippen molar-refractivity contribution in [2.24, 2.45) is 0 Å². The second-order valence-corrected chi connectivity index (χ2v) is 6.17. The number of hydrogen-bond acceptors (Lipinski definition) is 6. The van der Waals surface area contributed by atoms with Gasteiger partial charge in [0.2, 0.25) is 0 Å². The fourth-order valence-corrected chi connectivity index (χ4v) is 3.64. The minimum Gasteiger partial charge on any atom is -0.469 e. The van der Waals surface area contributed by atoms with Gasteiger partial charge < -0.3 is 9.84 Å². The molecular weight excluding hydrogens is 234 g/mol. The van der Waals surface area contributed by atoms with Crippen molar-refractivity contribution in [1.29, 1.82) is 0 Å². The molecule has 0 spiro atoms. The van der Waals surface area contributed by atoms with Crippen molar-refractivity contribution in [3.63, 3.8) is 0 Å². The molecule has 0 aromatic rings. The number of methoxy groups -OCH3 is 1. The van der Waals surface area contributed by atoms with Gasteiger partial charge in [-0.05, 0) is 7.05 Å². The predicted octanol–water partition coefficient (Wildman–Crippen LogP) is -1.36. The molecule has 2 atom stereocenters. The highest BCUT2D eigenvalue weighted by molar-refractivity contribution is 7.91. The van der Waals surface area contributed by atoms with Crippen LogP contribution in [-0.4, -0.2) is 68.7 Å². The molecule has 7 heteroatoms. The molecule has 0 amide bonds. The molecule has 0 radical (unpaired) electrons. The molecule has 0 aliphatic carbocycles. The molecule has 16 heavy (non-hydrogen) atoms. The Balaban J connectivity index is 2.49. The van der Waals surface area contributed by atoms with Gasteiger partial charge in [-0.15, -0.1) is 0 Å². The fraction of sp³-hybridized carbons (Fsp3) is 0.889. The Morgan fingerprint density at radius 3 is 2.56 bits per heavy atom. The Kier molecular flexibility index (Phi) is 4.28. The van der Waals surface area contributed by atoms with Gasteiger partial charge in [-0.1, -0.05) is 0 Å². The van der Waals surface area contributed by atoms with Crippen LogP contribution in [0.2, 0.25) is 0 Å². The summed E-state index contributed by atoms with van der Waals surface area (Å²) < 4.78 is 27.0. The zero-order chi connectivity index (χ0) is 12.3. The van der Waals surface area contributed by atoms with Gasteiger partial charge in [0.05, 0.1) is 37.2 Å². The van der Waals surface area contributed by atoms with Crippen LogP contribution in [0.15, 0.2) is 0 Å². The molecule has 0 saturated carbocycles. The maximum absolute atomic E-state index is 11.3. The van der Waals surface area contributed by atoms with Crippen LogP contribution in [-0.2, 0) is 19.4 Å². The highest BCUT2D eigenvalue weighted by Gasteiger charge is 2.38. The number of ether oxygens (including phenoxy) is 1. The first-order valence-electron chi connectivity index (χ1n) is 5.01. The normalized spacial score (nSPS) is 28.2. The van der Waals surface area contributed by atoms with Gasteiger partial charge in [-0.3, -0.25) is 9.69 Å². The van der Waals surface area contributed by atoms with E-state index in [4.69, 9.17) is 0 Å². The number of sulfone groups is 1. The molecule has 0 aromatic carbocycles. The minimum absolute atomic E-state index is 0.0498. The summed E-state index contributed by atoms with van der Waals surface area (Å²) in [5, 5.41) is 9.58. The zero-order valence-corrected chi connectivity index (χ0v) is 10.2. The average Bonchev–Trinajstić information content (AvgIpc) is 2.48. The van der Waals surface area contributed by atoms with E-state index in [0.29, 0.717) is 6.54 Å². The quantitative estimate of drug-likeness (QED) is 0.621. The monoisotopic (exact) mass is 251 g/mol. The molecular formula is C9H17NO5S. The number of likely N-dealkylation sites (N-methyl/N-ethyl adjacent to an activating group) is 1. The third-order valence-electron chi connectivity index (χ3n) is 2.76. The topological polar surface area (TPSA) is 83.9 Å². The first kappa shape index (κ1) is 13.4. The maximum atomic E-state index is 11.3. The van der Waals surface area contributed by atoms with E-state index in [9.17, 15) is 18.3 Å². The van der Waals surface area contributed by atoms with Crippen LogP contribution in [0.1, 0.15) is 6.42 Å². The van der Waals surface area contributed by atoms with E-state index in [2.05, 4.69) is 4.74 Å². The predicted molar refractivity (Wildman–Crippen MR) is 57.7 cm³/mol. The minimum atomic E-state index is -3.14. The lowest BCUT2D eigenvalue weighted by molar-refractivity contribution is -0.141. The van der Waals surface area contributed by atoms with Crippen molar-refractivity contribution in [3.8, 4) is 0 Å². The van der Waals surface area contributed by atoms with Crippen molar-refractivity contribution >= 4 is 15.8 Å². The van der Waals surface area contributed by atoms with Gasteiger partial charge in [-0.25, -0.2) is 8.42 Å². The van der Waals surface area contributed by atoms with Crippen molar-refractivity contribution in [1.82, 2.24) is 4.90 Å². The Hall–Kier alpha value is -0.660. The van der Waals surface area contributed by atoms with E-state index in [-0.39, 0.29) is 23.9 Å². The largest absolute Gasteiger partial charge is 0.469 e. The van der Waals surface area contributed by atoms with Crippen molar-refractivity contribution in [2.45, 2.75) is 18.6 Å². The van der Waals surface area contributed by atoms with Crippen LogP contribution >= 0.6 is 0 Å². The Labute approximate surface area is 95.1 Å². The Bertz CT molecular complexity index is 353. The fourth-order valence-electron chi connectivity index (χ4n) is 1.77. The van der Waals surface area contributed by atoms with Crippen LogP contribution in [0.3, 0.4) is 0 Å². The second-order valence-electron chi connectivity index (χ2n) is 4.02. The van der Waals surface area contributed by atoms with Gasteiger partial charge in [0.15, 0.2) is 9.84 Å². The van der Waals surface area contributed by atoms with Crippen LogP contribution < -0.4 is 0 Å². The highest BCUT2D eigenvalue weighted by Crippen LogP contribution is 2.17. The number of aliphatic hydroxyl groups excluding tert-OH is 1. The number of hydrogen-bond donors (Lipinski definition) is 1. The third-order valence-corrected chi connectivity index (χ3v) is 4.45. The van der Waals surface area contributed by atoms with Crippen LogP contribution in [0.4, 0.5) is 0 Å². The molecule has 1 aliphatic heterocycles. The van der Waals surface area contributed by atoms with Crippen molar-refractivity contribution in [2.75, 3.05) is 32.2 Å². The molecule has 1 N–H and O–H groups in total. The lowest BCUT2D eigenvalue weighted by Crippen LogP contribution is -2.41. The van der Waals surface area contributed by atoms with Crippen LogP contribution in [0, 0.1) is 0 Å². The van der Waals surface area contributed by atoms with E-state index >= 15 is 0 Å². The maximum Gasteiger partial charge on any atom is 0.306 e. The van der Waals surface area contributed by atoms with E-state index < -0.39 is 22.0 Å². The summed E-state index contributed by atoms with van der Waals surface area (Å²) in [6.07, 6.45) is -0.677. The molecule has 1 rings (SSSR count). The Morgan fingerprint density at radius 1 is 1.50 bits per heavy atom. The SMILES string of the molecule is COC(=O)CCN(C)C1CS(=O)(=O)CC1O. The van der Waals surface area contributed by atoms with Gasteiger partial charge in [0, 0.05) is 6.54 Å². The molecule has 1 fully saturated rings. The first-order valence-corrected chi connectivity index (χ1v) is 6.83. The molecule has 1 heterocycles. The van der Waals surface area contributed by atoms with Gasteiger partial charge in [-0.2, -0.15) is 0 Å². The van der Waals surface area contributed by atoms with Crippen molar-refractivity contribution < 1.29 is 23.1 Å². The van der Waals surface area contributed by atoms with Gasteiger partial charge >= 0.3 is 5.97 Å². The lowest BCUT2D eigenvalue weighted by Gasteiger charge is -2.25. The molecule has 2 unspecified atom stereocenters. The molecule has 6 nitrogen and oxygen atoms in total. The van der Waals surface area contributed by atoms with Gasteiger partial charge in [0.25, 0.3) is 0 Å². The smallest absolute Gasteiger partial charge is 0.306 e. The highest BCUT2D eigenvalue weighted by atomic mass is 32.2. The number of carbonyl (C=O) groups is 1. The molecule has 0 bridgehead atoms. The number of esters is 1. The summed E-state index contributed by atoms with van der Waals surface area (Å²) in [4.78, 5) is 12.6. The molecule has 1 saturated heterocycles. The zero-order valence-electron chi connectivity index (χ0n) is 9.42. The molecule has 94 valence electrons. The van der Waals surface area contributed by atoms with Crippen molar-refractivity contribution in [3.05, 3.63) is 0 Å². The number of aliphatic hydroxyl groups is 1. The summed E-state index contributed by atoms with van der Waals surface area (Å²) in [7, 11) is -0.147. The summed E-state index contributed by atoms with van der Waals surface area (Å²) in [5.41, 5.74) is 0. The summed E-state index contributed by atoms with van der Waals surface area (Å²) in [5.74, 6) is -0.589.